The minimum absolute atomic E-state index is 0.121. The predicted molar refractivity (Wildman–Crippen MR) is 90.1 cm³/mol. The van der Waals surface area contributed by atoms with E-state index in [9.17, 15) is 9.59 Å². The Balaban J connectivity index is 1.70. The van der Waals surface area contributed by atoms with E-state index < -0.39 is 11.9 Å². The van der Waals surface area contributed by atoms with Crippen LogP contribution < -0.4 is 9.64 Å². The highest BCUT2D eigenvalue weighted by molar-refractivity contribution is 6.02. The first-order chi connectivity index (χ1) is 12.1. The lowest BCUT2D eigenvalue weighted by molar-refractivity contribution is 0.0663. The van der Waals surface area contributed by atoms with Gasteiger partial charge >= 0.3 is 5.97 Å². The number of ether oxygens (including phenoxy) is 1. The molecule has 2 aromatic rings. The Kier molecular flexibility index (Phi) is 4.78. The Morgan fingerprint density at radius 3 is 2.40 bits per heavy atom. The summed E-state index contributed by atoms with van der Waals surface area (Å²) in [7, 11) is 1.62. The molecule has 0 saturated carbocycles. The third-order valence-electron chi connectivity index (χ3n) is 4.09. The lowest BCUT2D eigenvalue weighted by Gasteiger charge is -2.36. The van der Waals surface area contributed by atoms with Crippen LogP contribution in [0.25, 0.3) is 0 Å². The molecule has 8 heteroatoms. The van der Waals surface area contributed by atoms with Gasteiger partial charge in [0.25, 0.3) is 5.91 Å². The van der Waals surface area contributed by atoms with Crippen LogP contribution in [0, 0.1) is 0 Å². The molecular weight excluding hydrogens is 324 g/mol. The number of aromatic carboxylic acids is 1. The molecule has 0 atom stereocenters. The van der Waals surface area contributed by atoms with Gasteiger partial charge in [-0.05, 0) is 12.1 Å². The molecule has 3 rings (SSSR count). The van der Waals surface area contributed by atoms with Crippen molar-refractivity contribution >= 4 is 17.6 Å². The number of anilines is 1. The van der Waals surface area contributed by atoms with E-state index in [1.54, 1.807) is 12.0 Å². The summed E-state index contributed by atoms with van der Waals surface area (Å²) in [6.45, 7) is 2.24. The van der Waals surface area contributed by atoms with E-state index >= 15 is 0 Å². The SMILES string of the molecule is COc1cccc(N2CCN(C(=O)c3nccnc3C(=O)O)CC2)c1. The van der Waals surface area contributed by atoms with E-state index in [0.29, 0.717) is 26.2 Å². The number of rotatable bonds is 4. The van der Waals surface area contributed by atoms with E-state index in [0.717, 1.165) is 11.4 Å². The summed E-state index contributed by atoms with van der Waals surface area (Å²) in [6.07, 6.45) is 2.59. The minimum atomic E-state index is -1.26. The maximum absolute atomic E-state index is 12.6. The van der Waals surface area contributed by atoms with Crippen molar-refractivity contribution in [1.82, 2.24) is 14.9 Å². The number of carbonyl (C=O) groups is 2. The van der Waals surface area contributed by atoms with Gasteiger partial charge in [-0.15, -0.1) is 0 Å². The van der Waals surface area contributed by atoms with Crippen LogP contribution in [-0.2, 0) is 0 Å². The number of methoxy groups -OCH3 is 1. The maximum Gasteiger partial charge on any atom is 0.356 e. The number of piperazine rings is 1. The Bertz CT molecular complexity index is 788. The molecule has 1 aromatic carbocycles. The molecule has 1 fully saturated rings. The van der Waals surface area contributed by atoms with Gasteiger partial charge in [0.15, 0.2) is 11.4 Å². The van der Waals surface area contributed by atoms with Gasteiger partial charge < -0.3 is 19.6 Å². The van der Waals surface area contributed by atoms with Gasteiger partial charge in [0, 0.05) is 50.3 Å². The zero-order valence-corrected chi connectivity index (χ0v) is 13.8. The second-order valence-corrected chi connectivity index (χ2v) is 5.54. The van der Waals surface area contributed by atoms with Crippen molar-refractivity contribution in [3.63, 3.8) is 0 Å². The number of hydrogen-bond donors (Lipinski definition) is 1. The zero-order valence-electron chi connectivity index (χ0n) is 13.8. The van der Waals surface area contributed by atoms with Crippen LogP contribution in [-0.4, -0.2) is 65.1 Å². The average molecular weight is 342 g/mol. The average Bonchev–Trinajstić information content (AvgIpc) is 2.67. The topological polar surface area (TPSA) is 95.9 Å². The molecule has 25 heavy (non-hydrogen) atoms. The number of aromatic nitrogens is 2. The first-order valence-corrected chi connectivity index (χ1v) is 7.82. The Labute approximate surface area is 144 Å². The van der Waals surface area contributed by atoms with E-state index in [1.807, 2.05) is 24.3 Å². The monoisotopic (exact) mass is 342 g/mol. The van der Waals surface area contributed by atoms with Crippen molar-refractivity contribution in [1.29, 1.82) is 0 Å². The molecule has 1 aliphatic rings. The van der Waals surface area contributed by atoms with E-state index in [2.05, 4.69) is 14.9 Å². The Morgan fingerprint density at radius 1 is 1.08 bits per heavy atom. The van der Waals surface area contributed by atoms with E-state index in [4.69, 9.17) is 9.84 Å². The van der Waals surface area contributed by atoms with Crippen LogP contribution >= 0.6 is 0 Å². The van der Waals surface area contributed by atoms with Gasteiger partial charge in [-0.2, -0.15) is 0 Å². The number of carboxylic acids is 1. The molecule has 1 saturated heterocycles. The van der Waals surface area contributed by atoms with Crippen LogP contribution in [0.2, 0.25) is 0 Å². The standard InChI is InChI=1S/C17H18N4O4/c1-25-13-4-2-3-12(11-13)20-7-9-21(10-8-20)16(22)14-15(17(23)24)19-6-5-18-14/h2-6,11H,7-10H2,1H3,(H,23,24). The minimum Gasteiger partial charge on any atom is -0.497 e. The first kappa shape index (κ1) is 16.7. The molecule has 0 aliphatic carbocycles. The highest BCUT2D eigenvalue weighted by Gasteiger charge is 2.27. The molecule has 1 aliphatic heterocycles. The molecule has 1 amide bonds. The fourth-order valence-electron chi connectivity index (χ4n) is 2.78. The van der Waals surface area contributed by atoms with Gasteiger partial charge in [-0.3, -0.25) is 4.79 Å². The van der Waals surface area contributed by atoms with Crippen LogP contribution in [0.3, 0.4) is 0 Å². The van der Waals surface area contributed by atoms with Gasteiger partial charge in [0.1, 0.15) is 5.75 Å². The number of amides is 1. The summed E-state index contributed by atoms with van der Waals surface area (Å²) in [5.74, 6) is -0.885. The van der Waals surface area contributed by atoms with Crippen LogP contribution in [0.1, 0.15) is 21.0 Å². The van der Waals surface area contributed by atoms with Crippen molar-refractivity contribution in [2.45, 2.75) is 0 Å². The smallest absolute Gasteiger partial charge is 0.356 e. The number of nitrogens with zero attached hydrogens (tertiary/aromatic N) is 4. The van der Waals surface area contributed by atoms with Crippen molar-refractivity contribution in [2.75, 3.05) is 38.2 Å². The van der Waals surface area contributed by atoms with Crippen molar-refractivity contribution in [2.24, 2.45) is 0 Å². The molecule has 2 heterocycles. The second-order valence-electron chi connectivity index (χ2n) is 5.54. The highest BCUT2D eigenvalue weighted by Crippen LogP contribution is 2.22. The van der Waals surface area contributed by atoms with E-state index in [1.165, 1.54) is 12.4 Å². The zero-order chi connectivity index (χ0) is 17.8. The maximum atomic E-state index is 12.6. The van der Waals surface area contributed by atoms with Crippen molar-refractivity contribution < 1.29 is 19.4 Å². The summed E-state index contributed by atoms with van der Waals surface area (Å²) < 4.78 is 5.24. The van der Waals surface area contributed by atoms with Crippen LogP contribution in [0.5, 0.6) is 5.75 Å². The van der Waals surface area contributed by atoms with Gasteiger partial charge in [-0.25, -0.2) is 14.8 Å². The predicted octanol–water partition coefficient (Wildman–Crippen LogP) is 1.15. The van der Waals surface area contributed by atoms with Crippen molar-refractivity contribution in [3.05, 3.63) is 48.0 Å². The second kappa shape index (κ2) is 7.16. The quantitative estimate of drug-likeness (QED) is 0.890. The molecule has 1 aromatic heterocycles. The number of hydrogen-bond acceptors (Lipinski definition) is 6. The van der Waals surface area contributed by atoms with Crippen LogP contribution in [0.15, 0.2) is 36.7 Å². The first-order valence-electron chi connectivity index (χ1n) is 7.82. The molecule has 0 unspecified atom stereocenters. The largest absolute Gasteiger partial charge is 0.497 e. The summed E-state index contributed by atoms with van der Waals surface area (Å²) >= 11 is 0. The third-order valence-corrected chi connectivity index (χ3v) is 4.09. The summed E-state index contributed by atoms with van der Waals surface area (Å²) in [4.78, 5) is 35.2. The summed E-state index contributed by atoms with van der Waals surface area (Å²) in [6, 6.07) is 7.74. The van der Waals surface area contributed by atoms with Gasteiger partial charge in [0.2, 0.25) is 0 Å². The highest BCUT2D eigenvalue weighted by atomic mass is 16.5. The summed E-state index contributed by atoms with van der Waals surface area (Å²) in [5, 5.41) is 9.16. The number of benzene rings is 1. The Hall–Kier alpha value is -3.16. The lowest BCUT2D eigenvalue weighted by Crippen LogP contribution is -2.49. The van der Waals surface area contributed by atoms with Gasteiger partial charge in [0.05, 0.1) is 7.11 Å². The lowest BCUT2D eigenvalue weighted by atomic mass is 10.2. The van der Waals surface area contributed by atoms with E-state index in [-0.39, 0.29) is 11.4 Å². The Morgan fingerprint density at radius 2 is 1.76 bits per heavy atom. The molecular formula is C17H18N4O4. The van der Waals surface area contributed by atoms with Gasteiger partial charge in [-0.1, -0.05) is 6.07 Å². The molecule has 0 spiro atoms. The molecule has 130 valence electrons. The number of carbonyl (C=O) groups excluding carboxylic acids is 1. The normalized spacial score (nSPS) is 14.3. The van der Waals surface area contributed by atoms with Crippen LogP contribution in [0.4, 0.5) is 5.69 Å². The van der Waals surface area contributed by atoms with Crippen molar-refractivity contribution in [3.8, 4) is 5.75 Å². The molecule has 0 bridgehead atoms. The molecule has 8 nitrogen and oxygen atoms in total. The fourth-order valence-corrected chi connectivity index (χ4v) is 2.78. The summed E-state index contributed by atoms with van der Waals surface area (Å²) in [5.41, 5.74) is 0.588. The third kappa shape index (κ3) is 3.52. The fraction of sp³-hybridized carbons (Fsp3) is 0.294. The molecule has 0 radical (unpaired) electrons. The molecule has 1 N–H and O–H groups in total. The number of carboxylic acid groups (broad SMARTS) is 1.